The molecular weight excluding hydrogens is 282 g/mol. The topological polar surface area (TPSA) is 49.6 Å². The summed E-state index contributed by atoms with van der Waals surface area (Å²) in [5.41, 5.74) is 5.46. The number of carbonyl (C=O) groups is 1. The molecule has 2 N–H and O–H groups in total. The van der Waals surface area contributed by atoms with E-state index in [-0.39, 0.29) is 5.91 Å². The minimum atomic E-state index is -0.564. The average Bonchev–Trinajstić information content (AvgIpc) is 2.73. The Bertz CT molecular complexity index is 381. The molecule has 1 aliphatic carbocycles. The monoisotopic (exact) mass is 311 g/mol. The molecule has 1 saturated heterocycles. The molecule has 21 heavy (non-hydrogen) atoms. The van der Waals surface area contributed by atoms with E-state index in [1.807, 2.05) is 4.90 Å². The fourth-order valence-electron chi connectivity index (χ4n) is 3.64. The van der Waals surface area contributed by atoms with Crippen molar-refractivity contribution < 1.29 is 4.79 Å². The highest BCUT2D eigenvalue weighted by molar-refractivity contribution is 7.80. The molecule has 2 rings (SSSR count). The number of carbonyl (C=O) groups excluding carboxylic acids is 1. The number of hydrogen-bond donors (Lipinski definition) is 1. The van der Waals surface area contributed by atoms with Crippen molar-refractivity contribution in [2.75, 3.05) is 26.2 Å². The number of nitrogens with two attached hydrogens (primary N) is 1. The van der Waals surface area contributed by atoms with E-state index in [9.17, 15) is 4.79 Å². The summed E-state index contributed by atoms with van der Waals surface area (Å²) in [6.45, 7) is 7.94. The lowest BCUT2D eigenvalue weighted by Gasteiger charge is -2.41. The summed E-state index contributed by atoms with van der Waals surface area (Å²) in [6.07, 6.45) is 6.19. The van der Waals surface area contributed by atoms with Crippen molar-refractivity contribution in [2.24, 2.45) is 11.1 Å². The van der Waals surface area contributed by atoms with Crippen molar-refractivity contribution in [3.05, 3.63) is 0 Å². The zero-order valence-electron chi connectivity index (χ0n) is 13.4. The number of amides is 1. The van der Waals surface area contributed by atoms with Gasteiger partial charge in [-0.15, -0.1) is 0 Å². The van der Waals surface area contributed by atoms with Gasteiger partial charge in [0, 0.05) is 32.2 Å². The molecule has 0 spiro atoms. The van der Waals surface area contributed by atoms with Gasteiger partial charge in [-0.2, -0.15) is 0 Å². The Balaban J connectivity index is 2.07. The smallest absolute Gasteiger partial charge is 0.235 e. The van der Waals surface area contributed by atoms with E-state index in [1.54, 1.807) is 0 Å². The van der Waals surface area contributed by atoms with E-state index >= 15 is 0 Å². The molecule has 0 aromatic heterocycles. The number of hydrogen-bond acceptors (Lipinski definition) is 3. The van der Waals surface area contributed by atoms with E-state index in [1.165, 1.54) is 12.8 Å². The van der Waals surface area contributed by atoms with E-state index in [4.69, 9.17) is 18.0 Å². The van der Waals surface area contributed by atoms with Gasteiger partial charge in [0.25, 0.3) is 0 Å². The average molecular weight is 311 g/mol. The minimum Gasteiger partial charge on any atom is -0.392 e. The maximum Gasteiger partial charge on any atom is 0.235 e. The van der Waals surface area contributed by atoms with Gasteiger partial charge in [-0.25, -0.2) is 0 Å². The molecular formula is C16H29N3OS. The van der Waals surface area contributed by atoms with Gasteiger partial charge in [0.05, 0.1) is 10.4 Å². The highest BCUT2D eigenvalue weighted by atomic mass is 32.1. The van der Waals surface area contributed by atoms with E-state index in [0.29, 0.717) is 11.0 Å². The third-order valence-corrected chi connectivity index (χ3v) is 5.56. The fraction of sp³-hybridized carbons (Fsp3) is 0.875. The summed E-state index contributed by atoms with van der Waals surface area (Å²) in [7, 11) is 0. The molecule has 0 radical (unpaired) electrons. The molecule has 120 valence electrons. The number of rotatable bonds is 3. The summed E-state index contributed by atoms with van der Waals surface area (Å²) in [5, 5.41) is 0. The summed E-state index contributed by atoms with van der Waals surface area (Å²) < 4.78 is 0. The molecule has 1 aliphatic heterocycles. The van der Waals surface area contributed by atoms with Gasteiger partial charge in [0.2, 0.25) is 5.91 Å². The summed E-state index contributed by atoms with van der Waals surface area (Å²) in [5.74, 6) is 0.195. The summed E-state index contributed by atoms with van der Waals surface area (Å²) in [6, 6.07) is 0.546. The van der Waals surface area contributed by atoms with Gasteiger partial charge in [-0.3, -0.25) is 9.69 Å². The predicted octanol–water partition coefficient (Wildman–Crippen LogP) is 2.17. The molecule has 0 aromatic rings. The van der Waals surface area contributed by atoms with Crippen LogP contribution < -0.4 is 5.73 Å². The van der Waals surface area contributed by atoms with Gasteiger partial charge >= 0.3 is 0 Å². The number of thiocarbonyl (C=S) groups is 1. The summed E-state index contributed by atoms with van der Waals surface area (Å²) >= 11 is 5.32. The van der Waals surface area contributed by atoms with Crippen LogP contribution in [-0.2, 0) is 4.79 Å². The zero-order valence-corrected chi connectivity index (χ0v) is 14.3. The highest BCUT2D eigenvalue weighted by Gasteiger charge is 2.44. The van der Waals surface area contributed by atoms with Crippen LogP contribution >= 0.6 is 12.2 Å². The van der Waals surface area contributed by atoms with Crippen LogP contribution in [0.5, 0.6) is 0 Å². The first-order valence-electron chi connectivity index (χ1n) is 8.31. The molecule has 0 atom stereocenters. The highest BCUT2D eigenvalue weighted by Crippen LogP contribution is 2.37. The largest absolute Gasteiger partial charge is 0.392 e. The van der Waals surface area contributed by atoms with Crippen LogP contribution in [0.2, 0.25) is 0 Å². The van der Waals surface area contributed by atoms with Gasteiger partial charge in [0.1, 0.15) is 0 Å². The first kappa shape index (κ1) is 16.7. The lowest BCUT2D eigenvalue weighted by atomic mass is 9.78. The van der Waals surface area contributed by atoms with Crippen molar-refractivity contribution in [3.63, 3.8) is 0 Å². The third-order valence-electron chi connectivity index (χ3n) is 5.17. The molecule has 1 saturated carbocycles. The molecule has 5 heteroatoms. The Morgan fingerprint density at radius 3 is 2.00 bits per heavy atom. The number of piperazine rings is 1. The number of nitrogens with zero attached hydrogens (tertiary/aromatic N) is 2. The molecule has 4 nitrogen and oxygen atoms in total. The molecule has 0 unspecified atom stereocenters. The van der Waals surface area contributed by atoms with Crippen LogP contribution in [0.3, 0.4) is 0 Å². The van der Waals surface area contributed by atoms with Crippen molar-refractivity contribution in [2.45, 2.75) is 58.4 Å². The van der Waals surface area contributed by atoms with Crippen LogP contribution in [0.25, 0.3) is 0 Å². The van der Waals surface area contributed by atoms with Gasteiger partial charge in [0.15, 0.2) is 0 Å². The normalized spacial score (nSPS) is 23.9. The second-order valence-corrected chi connectivity index (χ2v) is 7.22. The summed E-state index contributed by atoms with van der Waals surface area (Å²) in [4.78, 5) is 17.9. The zero-order chi connectivity index (χ0) is 15.5. The van der Waals surface area contributed by atoms with Gasteiger partial charge < -0.3 is 10.6 Å². The first-order chi connectivity index (χ1) is 9.97. The third kappa shape index (κ3) is 3.57. The Kier molecular flexibility index (Phi) is 5.60. The second kappa shape index (κ2) is 7.05. The SMILES string of the molecule is CC(C)N1CCN(C(=O)C2(C(N)=S)CCCCCC2)CC1. The lowest BCUT2D eigenvalue weighted by molar-refractivity contribution is -0.141. The molecule has 0 aromatic carbocycles. The molecule has 2 fully saturated rings. The quantitative estimate of drug-likeness (QED) is 0.641. The Hall–Kier alpha value is -0.680. The Labute approximate surface area is 134 Å². The maximum atomic E-state index is 13.1. The Morgan fingerprint density at radius 2 is 1.57 bits per heavy atom. The molecule has 1 amide bonds. The van der Waals surface area contributed by atoms with Crippen molar-refractivity contribution in [1.82, 2.24) is 9.80 Å². The lowest BCUT2D eigenvalue weighted by Crippen LogP contribution is -2.57. The fourth-order valence-corrected chi connectivity index (χ4v) is 3.93. The molecule has 2 aliphatic rings. The predicted molar refractivity (Wildman–Crippen MR) is 90.2 cm³/mol. The van der Waals surface area contributed by atoms with Crippen molar-refractivity contribution in [3.8, 4) is 0 Å². The first-order valence-corrected chi connectivity index (χ1v) is 8.71. The van der Waals surface area contributed by atoms with Crippen LogP contribution in [0.4, 0.5) is 0 Å². The van der Waals surface area contributed by atoms with Crippen molar-refractivity contribution in [1.29, 1.82) is 0 Å². The molecule has 0 bridgehead atoms. The van der Waals surface area contributed by atoms with Crippen LogP contribution in [0.1, 0.15) is 52.4 Å². The van der Waals surface area contributed by atoms with Crippen LogP contribution in [-0.4, -0.2) is 52.9 Å². The van der Waals surface area contributed by atoms with E-state index in [2.05, 4.69) is 18.7 Å². The molecule has 1 heterocycles. The standard InChI is InChI=1S/C16H29N3OS/c1-13(2)18-9-11-19(12-10-18)15(20)16(14(17)21)7-5-3-4-6-8-16/h13H,3-12H2,1-2H3,(H2,17,21). The van der Waals surface area contributed by atoms with Gasteiger partial charge in [-0.05, 0) is 26.7 Å². The van der Waals surface area contributed by atoms with Crippen LogP contribution in [0.15, 0.2) is 0 Å². The maximum absolute atomic E-state index is 13.1. The van der Waals surface area contributed by atoms with E-state index in [0.717, 1.165) is 51.9 Å². The second-order valence-electron chi connectivity index (χ2n) is 6.78. The van der Waals surface area contributed by atoms with E-state index < -0.39 is 5.41 Å². The Morgan fingerprint density at radius 1 is 1.05 bits per heavy atom. The van der Waals surface area contributed by atoms with Crippen molar-refractivity contribution >= 4 is 23.1 Å². The van der Waals surface area contributed by atoms with Gasteiger partial charge in [-0.1, -0.05) is 37.9 Å². The minimum absolute atomic E-state index is 0.195. The van der Waals surface area contributed by atoms with Crippen LogP contribution in [0, 0.1) is 5.41 Å².